The molecule has 0 radical (unpaired) electrons. The van der Waals surface area contributed by atoms with Gasteiger partial charge in [0.15, 0.2) is 0 Å². The maximum Gasteiger partial charge on any atom is 0.0541 e. The van der Waals surface area contributed by atoms with Crippen LogP contribution in [0.15, 0.2) is 206 Å². The number of para-hydroxylation sites is 2. The van der Waals surface area contributed by atoms with Gasteiger partial charge < -0.3 is 9.47 Å². The van der Waals surface area contributed by atoms with E-state index in [9.17, 15) is 0 Å². The van der Waals surface area contributed by atoms with Gasteiger partial charge in [-0.05, 0) is 88.0 Å². The fourth-order valence-electron chi connectivity index (χ4n) is 7.25. The molecule has 2 heteroatoms. The Balaban J connectivity index is 1.25. The third-order valence-corrected chi connectivity index (χ3v) is 9.59. The van der Waals surface area contributed by atoms with Crippen LogP contribution in [0.5, 0.6) is 0 Å². The molecule has 0 atom stereocenters. The first kappa shape index (κ1) is 29.5. The van der Waals surface area contributed by atoms with Gasteiger partial charge in [-0.2, -0.15) is 0 Å². The molecule has 0 aliphatic rings. The molecule has 0 aliphatic carbocycles. The van der Waals surface area contributed by atoms with Gasteiger partial charge in [-0.25, -0.2) is 0 Å². The lowest BCUT2D eigenvalue weighted by Crippen LogP contribution is -2.11. The predicted octanol–water partition coefficient (Wildman–Crippen LogP) is 13.3. The largest absolute Gasteiger partial charge is 0.310 e. The first-order valence-electron chi connectivity index (χ1n) is 17.1. The zero-order valence-corrected chi connectivity index (χ0v) is 27.5. The Morgan fingerprint density at radius 3 is 1.40 bits per heavy atom. The highest BCUT2D eigenvalue weighted by Gasteiger charge is 2.18. The van der Waals surface area contributed by atoms with Crippen LogP contribution in [0.1, 0.15) is 0 Å². The lowest BCUT2D eigenvalue weighted by Gasteiger charge is -2.27. The van der Waals surface area contributed by atoms with Gasteiger partial charge in [-0.1, -0.05) is 152 Å². The van der Waals surface area contributed by atoms with E-state index in [1.807, 2.05) is 0 Å². The van der Waals surface area contributed by atoms with Crippen LogP contribution in [-0.4, -0.2) is 4.57 Å². The van der Waals surface area contributed by atoms with Crippen LogP contribution in [0.3, 0.4) is 0 Å². The summed E-state index contributed by atoms with van der Waals surface area (Å²) in [7, 11) is 0. The summed E-state index contributed by atoms with van der Waals surface area (Å²) in [5.41, 5.74) is 14.0. The summed E-state index contributed by atoms with van der Waals surface area (Å²) in [5.74, 6) is 0. The zero-order chi connectivity index (χ0) is 33.3. The summed E-state index contributed by atoms with van der Waals surface area (Å²) in [6.45, 7) is 0. The Morgan fingerprint density at radius 1 is 0.300 bits per heavy atom. The Kier molecular flexibility index (Phi) is 7.53. The first-order chi connectivity index (χ1) is 24.8. The smallest absolute Gasteiger partial charge is 0.0541 e. The van der Waals surface area contributed by atoms with Crippen LogP contribution in [0, 0.1) is 0 Å². The van der Waals surface area contributed by atoms with E-state index < -0.39 is 0 Å². The van der Waals surface area contributed by atoms with E-state index in [-0.39, 0.29) is 0 Å². The number of benzene rings is 8. The molecule has 0 N–H and O–H groups in total. The normalized spacial score (nSPS) is 11.2. The van der Waals surface area contributed by atoms with Gasteiger partial charge in [0.1, 0.15) is 0 Å². The number of hydrogen-bond acceptors (Lipinski definition) is 1. The topological polar surface area (TPSA) is 8.17 Å². The van der Waals surface area contributed by atoms with E-state index in [1.54, 1.807) is 0 Å². The number of hydrogen-bond donors (Lipinski definition) is 0. The summed E-state index contributed by atoms with van der Waals surface area (Å²) in [5, 5.41) is 2.51. The van der Waals surface area contributed by atoms with Gasteiger partial charge in [0.05, 0.1) is 11.0 Å². The summed E-state index contributed by atoms with van der Waals surface area (Å²) >= 11 is 0. The molecule has 2 nitrogen and oxygen atoms in total. The number of nitrogens with zero attached hydrogens (tertiary/aromatic N) is 2. The second kappa shape index (κ2) is 12.8. The van der Waals surface area contributed by atoms with Crippen molar-refractivity contribution < 1.29 is 0 Å². The highest BCUT2D eigenvalue weighted by molar-refractivity contribution is 6.09. The van der Waals surface area contributed by atoms with Crippen molar-refractivity contribution >= 4 is 38.9 Å². The molecule has 0 spiro atoms. The molecule has 50 heavy (non-hydrogen) atoms. The molecule has 1 aromatic heterocycles. The average Bonchev–Trinajstić information content (AvgIpc) is 3.54. The van der Waals surface area contributed by atoms with E-state index in [4.69, 9.17) is 0 Å². The van der Waals surface area contributed by atoms with Crippen molar-refractivity contribution in [3.8, 4) is 39.1 Å². The SMILES string of the molecule is c1ccc(-c2ccc(N(c3cccc(-n4c5ccccc5c5ccccc54)c3)c3ccc(-c4ccccc4)c(-c4ccccc4)c3)cc2)cc1. The number of fused-ring (bicyclic) bond motifs is 3. The van der Waals surface area contributed by atoms with Crippen LogP contribution < -0.4 is 4.90 Å². The van der Waals surface area contributed by atoms with Gasteiger partial charge >= 0.3 is 0 Å². The molecule has 8 aromatic carbocycles. The van der Waals surface area contributed by atoms with Crippen LogP contribution in [0.25, 0.3) is 60.9 Å². The minimum absolute atomic E-state index is 1.09. The maximum absolute atomic E-state index is 2.39. The molecular weight excluding hydrogens is 605 g/mol. The maximum atomic E-state index is 2.39. The number of rotatable bonds is 7. The molecule has 0 aliphatic heterocycles. The summed E-state index contributed by atoms with van der Waals surface area (Å²) in [6.07, 6.45) is 0. The molecule has 0 amide bonds. The van der Waals surface area contributed by atoms with Crippen molar-refractivity contribution in [1.82, 2.24) is 4.57 Å². The molecule has 0 saturated heterocycles. The quantitative estimate of drug-likeness (QED) is 0.169. The second-order valence-corrected chi connectivity index (χ2v) is 12.6. The van der Waals surface area contributed by atoms with E-state index >= 15 is 0 Å². The van der Waals surface area contributed by atoms with Crippen LogP contribution in [0.4, 0.5) is 17.1 Å². The molecular formula is C48H34N2. The highest BCUT2D eigenvalue weighted by atomic mass is 15.1. The van der Waals surface area contributed by atoms with Crippen molar-refractivity contribution in [3.63, 3.8) is 0 Å². The van der Waals surface area contributed by atoms with Crippen molar-refractivity contribution in [3.05, 3.63) is 206 Å². The fourth-order valence-corrected chi connectivity index (χ4v) is 7.25. The molecule has 236 valence electrons. The lowest BCUT2D eigenvalue weighted by atomic mass is 9.93. The van der Waals surface area contributed by atoms with Gasteiger partial charge in [-0.3, -0.25) is 0 Å². The summed E-state index contributed by atoms with van der Waals surface area (Å²) in [6, 6.07) is 74.1. The van der Waals surface area contributed by atoms with E-state index in [2.05, 4.69) is 216 Å². The molecule has 0 bridgehead atoms. The average molecular weight is 639 g/mol. The van der Waals surface area contributed by atoms with E-state index in [1.165, 1.54) is 55.2 Å². The highest BCUT2D eigenvalue weighted by Crippen LogP contribution is 2.42. The Hall–Kier alpha value is -6.64. The zero-order valence-electron chi connectivity index (χ0n) is 27.5. The Morgan fingerprint density at radius 2 is 0.780 bits per heavy atom. The van der Waals surface area contributed by atoms with Crippen LogP contribution in [-0.2, 0) is 0 Å². The van der Waals surface area contributed by atoms with Crippen molar-refractivity contribution in [2.75, 3.05) is 4.90 Å². The summed E-state index contributed by atoms with van der Waals surface area (Å²) < 4.78 is 2.39. The molecule has 0 unspecified atom stereocenters. The Bertz CT molecular complexity index is 2510. The third kappa shape index (κ3) is 5.34. The fraction of sp³-hybridized carbons (Fsp3) is 0. The van der Waals surface area contributed by atoms with Crippen molar-refractivity contribution in [2.45, 2.75) is 0 Å². The molecule has 0 fully saturated rings. The lowest BCUT2D eigenvalue weighted by molar-refractivity contribution is 1.17. The Labute approximate surface area is 292 Å². The van der Waals surface area contributed by atoms with Gasteiger partial charge in [0.25, 0.3) is 0 Å². The standard InChI is InChI=1S/C48H34N2/c1-4-15-35(16-5-1)36-27-29-39(30-28-36)49(42-31-32-43(37-17-6-2-7-18-37)46(34-42)38-19-8-3-9-20-38)40-21-14-22-41(33-40)50-47-25-12-10-23-44(47)45-24-11-13-26-48(45)50/h1-34H. The van der Waals surface area contributed by atoms with E-state index in [0.717, 1.165) is 22.7 Å². The monoisotopic (exact) mass is 638 g/mol. The molecule has 9 rings (SSSR count). The van der Waals surface area contributed by atoms with E-state index in [0.29, 0.717) is 0 Å². The molecule has 1 heterocycles. The van der Waals surface area contributed by atoms with Crippen LogP contribution >= 0.6 is 0 Å². The summed E-state index contributed by atoms with van der Waals surface area (Å²) in [4.78, 5) is 2.38. The second-order valence-electron chi connectivity index (χ2n) is 12.6. The van der Waals surface area contributed by atoms with Crippen molar-refractivity contribution in [1.29, 1.82) is 0 Å². The van der Waals surface area contributed by atoms with Crippen LogP contribution in [0.2, 0.25) is 0 Å². The number of aromatic nitrogens is 1. The van der Waals surface area contributed by atoms with Gasteiger partial charge in [0.2, 0.25) is 0 Å². The van der Waals surface area contributed by atoms with Gasteiger partial charge in [-0.15, -0.1) is 0 Å². The molecule has 9 aromatic rings. The first-order valence-corrected chi connectivity index (χ1v) is 17.1. The predicted molar refractivity (Wildman–Crippen MR) is 212 cm³/mol. The minimum Gasteiger partial charge on any atom is -0.310 e. The third-order valence-electron chi connectivity index (χ3n) is 9.59. The number of anilines is 3. The minimum atomic E-state index is 1.09. The van der Waals surface area contributed by atoms with Crippen molar-refractivity contribution in [2.24, 2.45) is 0 Å². The molecule has 0 saturated carbocycles. The van der Waals surface area contributed by atoms with Gasteiger partial charge in [0, 0.05) is 33.5 Å².